The number of aryl methyl sites for hydroxylation is 1. The Hall–Kier alpha value is -1.44. The monoisotopic (exact) mass is 320 g/mol. The first-order valence-electron chi connectivity index (χ1n) is 5.06. The third-order valence-electron chi connectivity index (χ3n) is 2.19. The number of halogens is 4. The van der Waals surface area contributed by atoms with E-state index in [2.05, 4.69) is 31.0 Å². The second-order valence-corrected chi connectivity index (χ2v) is 4.30. The molecule has 2 aromatic rings. The fourth-order valence-electron chi connectivity index (χ4n) is 1.32. The molecule has 2 aromatic heterocycles. The summed E-state index contributed by atoms with van der Waals surface area (Å²) in [4.78, 5) is 8.19. The quantitative estimate of drug-likeness (QED) is 0.799. The highest BCUT2D eigenvalue weighted by atomic mass is 79.9. The molecular weight excluding hydrogens is 313 g/mol. The van der Waals surface area contributed by atoms with Crippen LogP contribution in [-0.2, 0) is 12.6 Å². The van der Waals surface area contributed by atoms with E-state index < -0.39 is 11.7 Å². The summed E-state index contributed by atoms with van der Waals surface area (Å²) in [5.41, 5.74) is -0.810. The highest BCUT2D eigenvalue weighted by molar-refractivity contribution is 9.10. The third-order valence-corrected chi connectivity index (χ3v) is 2.59. The molecule has 0 fully saturated rings. The molecule has 0 saturated heterocycles. The van der Waals surface area contributed by atoms with Crippen LogP contribution in [0.2, 0.25) is 0 Å². The van der Waals surface area contributed by atoms with Gasteiger partial charge in [0.25, 0.3) is 0 Å². The first kappa shape index (κ1) is 13.0. The van der Waals surface area contributed by atoms with E-state index in [1.54, 1.807) is 0 Å². The molecule has 0 atom stereocenters. The van der Waals surface area contributed by atoms with Crippen LogP contribution >= 0.6 is 15.9 Å². The number of nitrogens with zero attached hydrogens (tertiary/aromatic N) is 4. The van der Waals surface area contributed by atoms with Crippen molar-refractivity contribution >= 4 is 15.9 Å². The van der Waals surface area contributed by atoms with Gasteiger partial charge in [-0.2, -0.15) is 18.3 Å². The van der Waals surface area contributed by atoms with Crippen LogP contribution < -0.4 is 0 Å². The van der Waals surface area contributed by atoms with Crippen molar-refractivity contribution in [1.29, 1.82) is 0 Å². The molecule has 18 heavy (non-hydrogen) atoms. The van der Waals surface area contributed by atoms with E-state index in [1.807, 2.05) is 6.92 Å². The molecule has 96 valence electrons. The van der Waals surface area contributed by atoms with Crippen molar-refractivity contribution in [3.05, 3.63) is 34.5 Å². The number of rotatable bonds is 2. The van der Waals surface area contributed by atoms with Gasteiger partial charge in [0, 0.05) is 18.7 Å². The Bertz CT molecular complexity index is 564. The van der Waals surface area contributed by atoms with Crippen LogP contribution in [0.25, 0.3) is 5.82 Å². The van der Waals surface area contributed by atoms with Crippen molar-refractivity contribution in [2.75, 3.05) is 0 Å². The molecule has 0 aliphatic carbocycles. The number of hydrogen-bond acceptors (Lipinski definition) is 3. The Kier molecular flexibility index (Phi) is 3.38. The molecule has 0 radical (unpaired) electrons. The average molecular weight is 321 g/mol. The summed E-state index contributed by atoms with van der Waals surface area (Å²) in [6.45, 7) is 1.86. The van der Waals surface area contributed by atoms with Crippen LogP contribution in [0.4, 0.5) is 13.2 Å². The Morgan fingerprint density at radius 3 is 2.61 bits per heavy atom. The summed E-state index contributed by atoms with van der Waals surface area (Å²) in [6.07, 6.45) is -2.16. The van der Waals surface area contributed by atoms with E-state index in [0.717, 1.165) is 17.1 Å². The van der Waals surface area contributed by atoms with E-state index in [9.17, 15) is 13.2 Å². The summed E-state index contributed by atoms with van der Waals surface area (Å²) < 4.78 is 38.9. The van der Waals surface area contributed by atoms with Crippen molar-refractivity contribution in [1.82, 2.24) is 19.7 Å². The van der Waals surface area contributed by atoms with Crippen LogP contribution in [0.5, 0.6) is 0 Å². The molecule has 0 aliphatic heterocycles. The molecule has 2 heterocycles. The zero-order valence-electron chi connectivity index (χ0n) is 9.24. The van der Waals surface area contributed by atoms with Crippen LogP contribution in [0, 0.1) is 0 Å². The minimum Gasteiger partial charge on any atom is -0.226 e. The normalized spacial score (nSPS) is 11.8. The topological polar surface area (TPSA) is 43.6 Å². The Balaban J connectivity index is 2.43. The average Bonchev–Trinajstić information content (AvgIpc) is 2.77. The Morgan fingerprint density at radius 1 is 1.33 bits per heavy atom. The highest BCUT2D eigenvalue weighted by Crippen LogP contribution is 2.29. The molecule has 0 bridgehead atoms. The zero-order chi connectivity index (χ0) is 13.3. The minimum absolute atomic E-state index is 0.296. The first-order chi connectivity index (χ1) is 8.40. The van der Waals surface area contributed by atoms with Gasteiger partial charge in [-0.05, 0) is 15.9 Å². The van der Waals surface area contributed by atoms with Crippen molar-refractivity contribution in [3.8, 4) is 5.82 Å². The predicted octanol–water partition coefficient (Wildman–Crippen LogP) is 3.01. The molecule has 0 unspecified atom stereocenters. The first-order valence-corrected chi connectivity index (χ1v) is 5.85. The molecule has 2 rings (SSSR count). The van der Waals surface area contributed by atoms with Gasteiger partial charge in [0.1, 0.15) is 10.4 Å². The summed E-state index contributed by atoms with van der Waals surface area (Å²) in [7, 11) is 0. The molecule has 0 amide bonds. The number of alkyl halides is 3. The van der Waals surface area contributed by atoms with Gasteiger partial charge in [0.05, 0.1) is 11.8 Å². The maximum absolute atomic E-state index is 12.4. The second kappa shape index (κ2) is 4.68. The van der Waals surface area contributed by atoms with Gasteiger partial charge in [-0.15, -0.1) is 0 Å². The fourth-order valence-corrected chi connectivity index (χ4v) is 1.73. The van der Waals surface area contributed by atoms with Gasteiger partial charge in [-0.3, -0.25) is 0 Å². The van der Waals surface area contributed by atoms with E-state index in [4.69, 9.17) is 0 Å². The summed E-state index contributed by atoms with van der Waals surface area (Å²) in [6, 6.07) is 1.51. The van der Waals surface area contributed by atoms with Gasteiger partial charge in [0.2, 0.25) is 0 Å². The van der Waals surface area contributed by atoms with Crippen LogP contribution in [0.3, 0.4) is 0 Å². The highest BCUT2D eigenvalue weighted by Gasteiger charge is 2.32. The van der Waals surface area contributed by atoms with Crippen LogP contribution in [-0.4, -0.2) is 19.7 Å². The van der Waals surface area contributed by atoms with Gasteiger partial charge >= 0.3 is 6.18 Å². The lowest BCUT2D eigenvalue weighted by molar-refractivity contribution is -0.137. The third kappa shape index (κ3) is 2.69. The number of aromatic nitrogens is 4. The van der Waals surface area contributed by atoms with Crippen LogP contribution in [0.1, 0.15) is 18.3 Å². The second-order valence-electron chi connectivity index (χ2n) is 3.49. The van der Waals surface area contributed by atoms with E-state index in [0.29, 0.717) is 22.7 Å². The molecule has 0 spiro atoms. The smallest absolute Gasteiger partial charge is 0.226 e. The predicted molar refractivity (Wildman–Crippen MR) is 61.2 cm³/mol. The van der Waals surface area contributed by atoms with Gasteiger partial charge in [-0.25, -0.2) is 14.6 Å². The van der Waals surface area contributed by atoms with Crippen molar-refractivity contribution < 1.29 is 13.2 Å². The SMILES string of the molecule is CCc1nc(Br)cc(-n2cc(C(F)(F)F)cn2)n1. The van der Waals surface area contributed by atoms with Crippen molar-refractivity contribution in [3.63, 3.8) is 0 Å². The molecule has 0 saturated carbocycles. The number of hydrogen-bond donors (Lipinski definition) is 0. The summed E-state index contributed by atoms with van der Waals surface area (Å²) in [5.74, 6) is 0.827. The summed E-state index contributed by atoms with van der Waals surface area (Å²) in [5, 5.41) is 3.65. The van der Waals surface area contributed by atoms with E-state index >= 15 is 0 Å². The molecule has 0 aliphatic rings. The lowest BCUT2D eigenvalue weighted by Crippen LogP contribution is -2.05. The molecule has 4 nitrogen and oxygen atoms in total. The zero-order valence-corrected chi connectivity index (χ0v) is 10.8. The van der Waals surface area contributed by atoms with E-state index in [-0.39, 0.29) is 0 Å². The van der Waals surface area contributed by atoms with E-state index in [1.165, 1.54) is 6.07 Å². The van der Waals surface area contributed by atoms with Gasteiger partial charge in [0.15, 0.2) is 5.82 Å². The lowest BCUT2D eigenvalue weighted by atomic mass is 10.3. The molecule has 0 aromatic carbocycles. The largest absolute Gasteiger partial charge is 0.419 e. The van der Waals surface area contributed by atoms with Crippen molar-refractivity contribution in [2.24, 2.45) is 0 Å². The standard InChI is InChI=1S/C10H8BrF3N4/c1-2-8-16-7(11)3-9(17-8)18-5-6(4-15-18)10(12,13)14/h3-5H,2H2,1H3. The Labute approximate surface area is 109 Å². The van der Waals surface area contributed by atoms with Crippen molar-refractivity contribution in [2.45, 2.75) is 19.5 Å². The lowest BCUT2D eigenvalue weighted by Gasteiger charge is -2.04. The molecule has 8 heteroatoms. The molecular formula is C10H8BrF3N4. The summed E-state index contributed by atoms with van der Waals surface area (Å²) >= 11 is 3.18. The Morgan fingerprint density at radius 2 is 2.06 bits per heavy atom. The molecule has 0 N–H and O–H groups in total. The fraction of sp³-hybridized carbons (Fsp3) is 0.300. The van der Waals surface area contributed by atoms with Gasteiger partial charge in [-0.1, -0.05) is 6.92 Å². The van der Waals surface area contributed by atoms with Gasteiger partial charge < -0.3 is 0 Å². The maximum atomic E-state index is 12.4. The minimum atomic E-state index is -4.41. The van der Waals surface area contributed by atoms with Crippen LogP contribution in [0.15, 0.2) is 23.1 Å². The maximum Gasteiger partial charge on any atom is 0.419 e.